The fourth-order valence-electron chi connectivity index (χ4n) is 7.74. The number of hydrogen-bond donors (Lipinski definition) is 1. The molecule has 0 unspecified atom stereocenters. The Bertz CT molecular complexity index is 1810. The lowest BCUT2D eigenvalue weighted by atomic mass is 9.63. The maximum atomic E-state index is 14.2. The van der Waals surface area contributed by atoms with Crippen LogP contribution >= 0.6 is 0 Å². The summed E-state index contributed by atoms with van der Waals surface area (Å²) in [6.45, 7) is 13.1. The number of allylic oxidation sites excluding steroid dienone is 4. The first-order chi connectivity index (χ1) is 23.3. The lowest BCUT2D eigenvalue weighted by Crippen LogP contribution is -2.45. The van der Waals surface area contributed by atoms with Crippen molar-refractivity contribution in [2.45, 2.75) is 79.6 Å². The summed E-state index contributed by atoms with van der Waals surface area (Å²) in [4.78, 5) is 43.7. The first-order valence-electron chi connectivity index (χ1n) is 17.3. The number of rotatable bonds is 9. The van der Waals surface area contributed by atoms with Crippen LogP contribution in [0.15, 0.2) is 89.3 Å². The number of carbonyl (C=O) groups is 3. The second kappa shape index (κ2) is 13.3. The fraction of sp³-hybridized carbons (Fsp3) is 0.405. The molecule has 7 heteroatoms. The number of benzene rings is 3. The number of nitrogens with zero attached hydrogens (tertiary/aromatic N) is 1. The van der Waals surface area contributed by atoms with Crippen molar-refractivity contribution in [1.82, 2.24) is 4.90 Å². The minimum atomic E-state index is -0.499. The van der Waals surface area contributed by atoms with Crippen LogP contribution in [0.3, 0.4) is 0 Å². The Hall–Kier alpha value is -4.65. The van der Waals surface area contributed by atoms with Crippen LogP contribution < -0.4 is 14.8 Å². The molecule has 256 valence electrons. The van der Waals surface area contributed by atoms with Crippen molar-refractivity contribution in [1.29, 1.82) is 0 Å². The number of methoxy groups -OCH3 is 1. The molecule has 0 fully saturated rings. The molecule has 0 saturated heterocycles. The molecule has 7 nitrogen and oxygen atoms in total. The van der Waals surface area contributed by atoms with E-state index >= 15 is 0 Å². The van der Waals surface area contributed by atoms with Gasteiger partial charge in [0.2, 0.25) is 0 Å². The summed E-state index contributed by atoms with van der Waals surface area (Å²) in [6.07, 6.45) is 3.15. The molecule has 0 atom stereocenters. The maximum absolute atomic E-state index is 14.2. The quantitative estimate of drug-likeness (QED) is 0.249. The number of amides is 1. The summed E-state index contributed by atoms with van der Waals surface area (Å²) in [5.74, 6) is 0.261. The van der Waals surface area contributed by atoms with Gasteiger partial charge in [-0.05, 0) is 84.4 Å². The lowest BCUT2D eigenvalue weighted by Gasteiger charge is -2.49. The van der Waals surface area contributed by atoms with E-state index in [4.69, 9.17) is 9.47 Å². The number of aryl methyl sites for hydroxylation is 1. The van der Waals surface area contributed by atoms with Gasteiger partial charge in [0.15, 0.2) is 29.7 Å². The van der Waals surface area contributed by atoms with E-state index in [0.29, 0.717) is 30.9 Å². The Morgan fingerprint density at radius 2 is 1.45 bits per heavy atom. The van der Waals surface area contributed by atoms with Gasteiger partial charge in [-0.25, -0.2) is 0 Å². The Morgan fingerprint density at radius 1 is 0.816 bits per heavy atom. The van der Waals surface area contributed by atoms with Gasteiger partial charge in [-0.1, -0.05) is 76.2 Å². The van der Waals surface area contributed by atoms with E-state index in [0.717, 1.165) is 64.2 Å². The van der Waals surface area contributed by atoms with Gasteiger partial charge in [0.05, 0.1) is 7.11 Å². The van der Waals surface area contributed by atoms with E-state index in [2.05, 4.69) is 62.2 Å². The summed E-state index contributed by atoms with van der Waals surface area (Å²) in [7, 11) is 1.56. The van der Waals surface area contributed by atoms with E-state index < -0.39 is 5.92 Å². The first-order valence-corrected chi connectivity index (χ1v) is 17.3. The number of anilines is 1. The second-order valence-electron chi connectivity index (χ2n) is 15.4. The molecule has 3 aromatic carbocycles. The second-order valence-corrected chi connectivity index (χ2v) is 15.4. The Kier molecular flexibility index (Phi) is 9.31. The van der Waals surface area contributed by atoms with Crippen LogP contribution in [0.4, 0.5) is 5.69 Å². The molecule has 6 rings (SSSR count). The standard InChI is InChI=1S/C42H48N2O5/c1-26-12-11-15-30(27(26)2)43-37(47)25-49-35-17-16-29(20-36(35)48-7)38-39-31(21-41(3,4)23-33(39)45)44(19-18-28-13-9-8-10-14-28)32-22-42(5,6)24-34(46)40(32)38/h8-17,20,38H,18-19,21-25H2,1-7H3,(H,43,47). The van der Waals surface area contributed by atoms with Crippen molar-refractivity contribution in [3.05, 3.63) is 112 Å². The number of ketones is 2. The van der Waals surface area contributed by atoms with E-state index in [1.165, 1.54) is 5.56 Å². The molecular weight excluding hydrogens is 612 g/mol. The van der Waals surface area contributed by atoms with E-state index in [1.54, 1.807) is 13.2 Å². The van der Waals surface area contributed by atoms with Gasteiger partial charge in [0, 0.05) is 53.5 Å². The summed E-state index contributed by atoms with van der Waals surface area (Å²) in [5.41, 5.74) is 8.00. The highest BCUT2D eigenvalue weighted by Crippen LogP contribution is 2.55. The van der Waals surface area contributed by atoms with Crippen molar-refractivity contribution in [3.63, 3.8) is 0 Å². The van der Waals surface area contributed by atoms with Gasteiger partial charge in [-0.2, -0.15) is 0 Å². The first kappa shape index (κ1) is 34.2. The minimum Gasteiger partial charge on any atom is -0.493 e. The Morgan fingerprint density at radius 3 is 2.06 bits per heavy atom. The number of carbonyl (C=O) groups excluding carboxylic acids is 3. The Labute approximate surface area is 290 Å². The van der Waals surface area contributed by atoms with Gasteiger partial charge >= 0.3 is 0 Å². The van der Waals surface area contributed by atoms with E-state index in [1.807, 2.05) is 50.2 Å². The summed E-state index contributed by atoms with van der Waals surface area (Å²) in [6, 6.07) is 21.7. The third-order valence-corrected chi connectivity index (χ3v) is 10.2. The van der Waals surface area contributed by atoms with Crippen LogP contribution in [0, 0.1) is 24.7 Å². The van der Waals surface area contributed by atoms with Crippen LogP contribution in [-0.4, -0.2) is 42.6 Å². The molecule has 1 aliphatic heterocycles. The number of nitrogens with one attached hydrogen (secondary N) is 1. The molecule has 49 heavy (non-hydrogen) atoms. The van der Waals surface area contributed by atoms with Gasteiger partial charge in [-0.15, -0.1) is 0 Å². The van der Waals surface area contributed by atoms with Gasteiger partial charge in [-0.3, -0.25) is 14.4 Å². The predicted molar refractivity (Wildman–Crippen MR) is 193 cm³/mol. The number of hydrogen-bond acceptors (Lipinski definition) is 6. The molecule has 1 N–H and O–H groups in total. The van der Waals surface area contributed by atoms with Crippen LogP contribution in [0.2, 0.25) is 0 Å². The maximum Gasteiger partial charge on any atom is 0.262 e. The van der Waals surface area contributed by atoms with Crippen LogP contribution in [-0.2, 0) is 20.8 Å². The molecule has 0 aromatic heterocycles. The van der Waals surface area contributed by atoms with E-state index in [9.17, 15) is 14.4 Å². The normalized spacial score (nSPS) is 18.6. The van der Waals surface area contributed by atoms with E-state index in [-0.39, 0.29) is 34.9 Å². The van der Waals surface area contributed by atoms with Crippen LogP contribution in [0.5, 0.6) is 11.5 Å². The highest BCUT2D eigenvalue weighted by atomic mass is 16.5. The van der Waals surface area contributed by atoms with Gasteiger partial charge < -0.3 is 19.7 Å². The van der Waals surface area contributed by atoms with Crippen LogP contribution in [0.1, 0.15) is 81.5 Å². The van der Waals surface area contributed by atoms with Crippen molar-refractivity contribution in [2.24, 2.45) is 10.8 Å². The fourth-order valence-corrected chi connectivity index (χ4v) is 7.74. The molecule has 0 spiro atoms. The van der Waals surface area contributed by atoms with Crippen molar-refractivity contribution >= 4 is 23.2 Å². The zero-order valence-electron chi connectivity index (χ0n) is 29.9. The molecule has 1 heterocycles. The topological polar surface area (TPSA) is 84.9 Å². The molecule has 0 radical (unpaired) electrons. The largest absolute Gasteiger partial charge is 0.493 e. The van der Waals surface area contributed by atoms with Crippen molar-refractivity contribution in [2.75, 3.05) is 25.6 Å². The number of Topliss-reactive ketones (excluding diaryl/α,β-unsaturated/α-hetero) is 2. The molecular formula is C42H48N2O5. The lowest BCUT2D eigenvalue weighted by molar-refractivity contribution is -0.120. The Balaban J connectivity index is 1.37. The zero-order valence-corrected chi connectivity index (χ0v) is 29.9. The third-order valence-electron chi connectivity index (χ3n) is 10.2. The van der Waals surface area contributed by atoms with Crippen molar-refractivity contribution < 1.29 is 23.9 Å². The van der Waals surface area contributed by atoms with Gasteiger partial charge in [0.1, 0.15) is 0 Å². The zero-order chi connectivity index (χ0) is 35.1. The average molecular weight is 661 g/mol. The SMILES string of the molecule is COc1cc(C2C3=C(CC(C)(C)CC3=O)N(CCc3ccccc3)C3=C2C(=O)CC(C)(C)C3)ccc1OCC(=O)Nc1cccc(C)c1C. The highest BCUT2D eigenvalue weighted by Gasteiger charge is 2.49. The molecule has 3 aromatic rings. The van der Waals surface area contributed by atoms with Crippen LogP contribution in [0.25, 0.3) is 0 Å². The highest BCUT2D eigenvalue weighted by molar-refractivity contribution is 6.07. The summed E-state index contributed by atoms with van der Waals surface area (Å²) >= 11 is 0. The summed E-state index contributed by atoms with van der Waals surface area (Å²) < 4.78 is 11.8. The molecule has 0 saturated carbocycles. The molecule has 0 bridgehead atoms. The summed E-state index contributed by atoms with van der Waals surface area (Å²) in [5, 5.41) is 2.94. The molecule has 2 aliphatic carbocycles. The predicted octanol–water partition coefficient (Wildman–Crippen LogP) is 8.26. The third kappa shape index (κ3) is 7.08. The average Bonchev–Trinajstić information content (AvgIpc) is 3.04. The van der Waals surface area contributed by atoms with Crippen molar-refractivity contribution in [3.8, 4) is 11.5 Å². The smallest absolute Gasteiger partial charge is 0.262 e. The molecule has 1 amide bonds. The minimum absolute atomic E-state index is 0.0903. The number of ether oxygens (including phenoxy) is 2. The monoisotopic (exact) mass is 660 g/mol. The molecule has 3 aliphatic rings. The van der Waals surface area contributed by atoms with Gasteiger partial charge in [0.25, 0.3) is 5.91 Å².